The molecule has 0 bridgehead atoms. The second-order valence-electron chi connectivity index (χ2n) is 3.77. The summed E-state index contributed by atoms with van der Waals surface area (Å²) in [4.78, 5) is 6.98. The number of rotatable bonds is 6. The zero-order valence-electron chi connectivity index (χ0n) is 9.89. The molecule has 1 heterocycles. The van der Waals surface area contributed by atoms with Gasteiger partial charge in [0.15, 0.2) is 6.61 Å². The molecule has 0 aliphatic carbocycles. The predicted molar refractivity (Wildman–Crippen MR) is 66.7 cm³/mol. The number of aromatic nitrogens is 2. The van der Waals surface area contributed by atoms with Crippen molar-refractivity contribution in [3.05, 3.63) is 48.0 Å². The third-order valence-corrected chi connectivity index (χ3v) is 2.40. The fraction of sp³-hybridized carbons (Fsp3) is 0.231. The lowest BCUT2D eigenvalue weighted by Gasteiger charge is -2.06. The van der Waals surface area contributed by atoms with Crippen molar-refractivity contribution in [3.8, 4) is 11.8 Å². The predicted octanol–water partition coefficient (Wildman–Crippen LogP) is 1.60. The van der Waals surface area contributed by atoms with Gasteiger partial charge in [-0.3, -0.25) is 0 Å². The summed E-state index contributed by atoms with van der Waals surface area (Å²) in [6.07, 6.45) is 3.45. The topological polar surface area (TPSA) is 73.7 Å². The third-order valence-electron chi connectivity index (χ3n) is 2.40. The first-order valence-corrected chi connectivity index (χ1v) is 5.65. The number of imidazole rings is 1. The lowest BCUT2D eigenvalue weighted by atomic mass is 10.2. The fourth-order valence-electron chi connectivity index (χ4n) is 1.58. The maximum absolute atomic E-state index is 8.45. The van der Waals surface area contributed by atoms with Crippen molar-refractivity contribution in [2.45, 2.75) is 13.1 Å². The lowest BCUT2D eigenvalue weighted by molar-refractivity contribution is 0.367. The Morgan fingerprint density at radius 1 is 1.39 bits per heavy atom. The summed E-state index contributed by atoms with van der Waals surface area (Å²) in [6.45, 7) is 1.55. The molecule has 2 aromatic rings. The molecule has 5 nitrogen and oxygen atoms in total. The van der Waals surface area contributed by atoms with Crippen LogP contribution in [0.2, 0.25) is 0 Å². The second kappa shape index (κ2) is 6.42. The molecule has 0 aliphatic rings. The van der Waals surface area contributed by atoms with E-state index in [1.54, 1.807) is 12.5 Å². The van der Waals surface area contributed by atoms with Crippen LogP contribution < -0.4 is 10.1 Å². The van der Waals surface area contributed by atoms with Gasteiger partial charge in [-0.25, -0.2) is 4.98 Å². The molecule has 2 N–H and O–H groups in total. The second-order valence-corrected chi connectivity index (χ2v) is 3.77. The molecule has 18 heavy (non-hydrogen) atoms. The first-order valence-electron chi connectivity index (χ1n) is 5.65. The van der Waals surface area contributed by atoms with Crippen LogP contribution in [0.5, 0.6) is 5.75 Å². The summed E-state index contributed by atoms with van der Waals surface area (Å²) in [5, 5.41) is 11.7. The number of aromatic amines is 1. The van der Waals surface area contributed by atoms with Gasteiger partial charge in [0.05, 0.1) is 6.33 Å². The number of benzene rings is 1. The van der Waals surface area contributed by atoms with Gasteiger partial charge in [0.25, 0.3) is 0 Å². The Morgan fingerprint density at radius 3 is 3.11 bits per heavy atom. The highest BCUT2D eigenvalue weighted by molar-refractivity contribution is 5.28. The molecule has 0 aliphatic heterocycles. The highest BCUT2D eigenvalue weighted by atomic mass is 16.5. The van der Waals surface area contributed by atoms with Gasteiger partial charge in [-0.2, -0.15) is 5.26 Å². The molecule has 92 valence electrons. The highest BCUT2D eigenvalue weighted by Crippen LogP contribution is 2.13. The van der Waals surface area contributed by atoms with E-state index in [4.69, 9.17) is 10.00 Å². The van der Waals surface area contributed by atoms with Gasteiger partial charge in [-0.1, -0.05) is 12.1 Å². The normalized spacial score (nSPS) is 9.94. The minimum absolute atomic E-state index is 0.0744. The molecule has 0 atom stereocenters. The van der Waals surface area contributed by atoms with E-state index in [0.717, 1.165) is 30.1 Å². The number of ether oxygens (including phenoxy) is 1. The van der Waals surface area contributed by atoms with Crippen LogP contribution in [-0.4, -0.2) is 16.6 Å². The average Bonchev–Trinajstić information content (AvgIpc) is 2.90. The van der Waals surface area contributed by atoms with Gasteiger partial charge in [0.1, 0.15) is 11.8 Å². The minimum Gasteiger partial charge on any atom is -0.479 e. The van der Waals surface area contributed by atoms with Gasteiger partial charge in [0, 0.05) is 25.0 Å². The Bertz CT molecular complexity index is 516. The Hall–Kier alpha value is -2.32. The fourth-order valence-corrected chi connectivity index (χ4v) is 1.58. The Kier molecular flexibility index (Phi) is 4.33. The number of hydrogen-bond acceptors (Lipinski definition) is 4. The molecular formula is C13H14N4O. The van der Waals surface area contributed by atoms with Gasteiger partial charge in [0.2, 0.25) is 0 Å². The van der Waals surface area contributed by atoms with Crippen LogP contribution in [0.1, 0.15) is 11.3 Å². The van der Waals surface area contributed by atoms with Crippen molar-refractivity contribution in [1.82, 2.24) is 15.3 Å². The van der Waals surface area contributed by atoms with E-state index in [1.165, 1.54) is 0 Å². The van der Waals surface area contributed by atoms with Crippen molar-refractivity contribution in [2.24, 2.45) is 0 Å². The van der Waals surface area contributed by atoms with Crippen LogP contribution in [0.15, 0.2) is 36.8 Å². The molecular weight excluding hydrogens is 228 g/mol. The summed E-state index contributed by atoms with van der Waals surface area (Å²) < 4.78 is 5.24. The van der Waals surface area contributed by atoms with Crippen molar-refractivity contribution in [2.75, 3.05) is 6.61 Å². The summed E-state index contributed by atoms with van der Waals surface area (Å²) in [6, 6.07) is 9.65. The summed E-state index contributed by atoms with van der Waals surface area (Å²) in [5.74, 6) is 0.720. The highest BCUT2D eigenvalue weighted by Gasteiger charge is 1.98. The van der Waals surface area contributed by atoms with Gasteiger partial charge >= 0.3 is 0 Å². The van der Waals surface area contributed by atoms with Gasteiger partial charge in [-0.15, -0.1) is 0 Å². The summed E-state index contributed by atoms with van der Waals surface area (Å²) >= 11 is 0. The average molecular weight is 242 g/mol. The number of nitrogens with zero attached hydrogens (tertiary/aromatic N) is 2. The van der Waals surface area contributed by atoms with E-state index < -0.39 is 0 Å². The molecule has 1 aromatic carbocycles. The molecule has 0 amide bonds. The zero-order valence-corrected chi connectivity index (χ0v) is 9.89. The van der Waals surface area contributed by atoms with Crippen molar-refractivity contribution in [3.63, 3.8) is 0 Å². The molecule has 0 unspecified atom stereocenters. The van der Waals surface area contributed by atoms with Crippen LogP contribution in [0.25, 0.3) is 0 Å². The van der Waals surface area contributed by atoms with Crippen molar-refractivity contribution < 1.29 is 4.74 Å². The number of hydrogen-bond donors (Lipinski definition) is 2. The van der Waals surface area contributed by atoms with Crippen molar-refractivity contribution >= 4 is 0 Å². The molecule has 5 heteroatoms. The van der Waals surface area contributed by atoms with E-state index in [2.05, 4.69) is 15.3 Å². The quantitative estimate of drug-likeness (QED) is 0.807. The van der Waals surface area contributed by atoms with Crippen molar-refractivity contribution in [1.29, 1.82) is 5.26 Å². The Balaban J connectivity index is 1.83. The number of nitrogens with one attached hydrogen (secondary N) is 2. The third kappa shape index (κ3) is 3.61. The standard InChI is InChI=1S/C13H14N4O/c14-4-5-18-13-3-1-2-11(6-13)7-15-8-12-9-16-10-17-12/h1-3,6,9-10,15H,5,7-8H2,(H,16,17). The van der Waals surface area contributed by atoms with E-state index in [0.29, 0.717) is 0 Å². The minimum atomic E-state index is 0.0744. The zero-order chi connectivity index (χ0) is 12.6. The molecule has 0 spiro atoms. The van der Waals surface area contributed by atoms with E-state index >= 15 is 0 Å². The lowest BCUT2D eigenvalue weighted by Crippen LogP contribution is -2.12. The summed E-state index contributed by atoms with van der Waals surface area (Å²) in [7, 11) is 0. The van der Waals surface area contributed by atoms with Crippen LogP contribution in [-0.2, 0) is 13.1 Å². The van der Waals surface area contributed by atoms with Gasteiger partial charge < -0.3 is 15.0 Å². The van der Waals surface area contributed by atoms with Crippen LogP contribution in [0, 0.1) is 11.3 Å². The van der Waals surface area contributed by atoms with E-state index in [1.807, 2.05) is 30.3 Å². The van der Waals surface area contributed by atoms with E-state index in [9.17, 15) is 0 Å². The SMILES string of the molecule is N#CCOc1cccc(CNCc2cnc[nH]2)c1. The maximum atomic E-state index is 8.45. The molecule has 0 radical (unpaired) electrons. The monoisotopic (exact) mass is 242 g/mol. The summed E-state index contributed by atoms with van der Waals surface area (Å²) in [5.41, 5.74) is 2.16. The molecule has 0 saturated heterocycles. The smallest absolute Gasteiger partial charge is 0.174 e. The largest absolute Gasteiger partial charge is 0.479 e. The molecule has 1 aromatic heterocycles. The van der Waals surface area contributed by atoms with Gasteiger partial charge in [-0.05, 0) is 17.7 Å². The molecule has 0 saturated carbocycles. The molecule has 0 fully saturated rings. The van der Waals surface area contributed by atoms with E-state index in [-0.39, 0.29) is 6.61 Å². The first-order chi connectivity index (χ1) is 8.88. The maximum Gasteiger partial charge on any atom is 0.174 e. The van der Waals surface area contributed by atoms with Crippen LogP contribution >= 0.6 is 0 Å². The number of nitriles is 1. The Morgan fingerprint density at radius 2 is 2.33 bits per heavy atom. The van der Waals surface area contributed by atoms with Crippen LogP contribution in [0.3, 0.4) is 0 Å². The number of H-pyrrole nitrogens is 1. The van der Waals surface area contributed by atoms with Crippen LogP contribution in [0.4, 0.5) is 0 Å². The first kappa shape index (κ1) is 12.1. The molecule has 2 rings (SSSR count). The Labute approximate surface area is 105 Å².